The van der Waals surface area contributed by atoms with Crippen molar-refractivity contribution in [3.8, 4) is 5.75 Å². The maximum absolute atomic E-state index is 10.6. The molecule has 0 heterocycles. The van der Waals surface area contributed by atoms with Gasteiger partial charge in [0.15, 0.2) is 0 Å². The van der Waals surface area contributed by atoms with Crippen molar-refractivity contribution in [2.24, 2.45) is 0 Å². The Morgan fingerprint density at radius 2 is 1.89 bits per heavy atom. The van der Waals surface area contributed by atoms with E-state index < -0.39 is 5.60 Å². The van der Waals surface area contributed by atoms with Gasteiger partial charge in [-0.2, -0.15) is 0 Å². The molecule has 0 saturated heterocycles. The van der Waals surface area contributed by atoms with Gasteiger partial charge in [0.2, 0.25) is 0 Å². The SMILES string of the molecule is CCC(O)(CNCCOC)c1ccc(OC)cc1. The summed E-state index contributed by atoms with van der Waals surface area (Å²) < 4.78 is 10.1. The lowest BCUT2D eigenvalue weighted by Gasteiger charge is -2.28. The number of aliphatic hydroxyl groups is 1. The minimum absolute atomic E-state index is 0.513. The van der Waals surface area contributed by atoms with Crippen molar-refractivity contribution < 1.29 is 14.6 Å². The average molecular weight is 253 g/mol. The van der Waals surface area contributed by atoms with Gasteiger partial charge in [-0.15, -0.1) is 0 Å². The zero-order chi connectivity index (χ0) is 13.4. The summed E-state index contributed by atoms with van der Waals surface area (Å²) in [5.74, 6) is 0.796. The second kappa shape index (κ2) is 7.36. The monoisotopic (exact) mass is 253 g/mol. The molecule has 102 valence electrons. The first kappa shape index (κ1) is 15.0. The lowest BCUT2D eigenvalue weighted by atomic mass is 9.91. The van der Waals surface area contributed by atoms with Crippen LogP contribution in [-0.2, 0) is 10.3 Å². The highest BCUT2D eigenvalue weighted by Gasteiger charge is 2.26. The van der Waals surface area contributed by atoms with Crippen LogP contribution in [-0.4, -0.2) is 39.0 Å². The fourth-order valence-corrected chi connectivity index (χ4v) is 1.80. The second-order valence-corrected chi connectivity index (χ2v) is 4.28. The number of hydrogen-bond acceptors (Lipinski definition) is 4. The number of rotatable bonds is 8. The van der Waals surface area contributed by atoms with Crippen LogP contribution in [0.3, 0.4) is 0 Å². The molecule has 1 aromatic carbocycles. The summed E-state index contributed by atoms with van der Waals surface area (Å²) in [5, 5.41) is 13.8. The lowest BCUT2D eigenvalue weighted by Crippen LogP contribution is -2.38. The number of ether oxygens (including phenoxy) is 2. The molecule has 0 spiro atoms. The molecule has 0 aliphatic carbocycles. The summed E-state index contributed by atoms with van der Waals surface area (Å²) >= 11 is 0. The highest BCUT2D eigenvalue weighted by atomic mass is 16.5. The van der Waals surface area contributed by atoms with Crippen LogP contribution in [0.15, 0.2) is 24.3 Å². The van der Waals surface area contributed by atoms with E-state index in [1.54, 1.807) is 14.2 Å². The van der Waals surface area contributed by atoms with Crippen molar-refractivity contribution >= 4 is 0 Å². The summed E-state index contributed by atoms with van der Waals surface area (Å²) in [6.45, 7) is 3.86. The Morgan fingerprint density at radius 1 is 1.22 bits per heavy atom. The summed E-state index contributed by atoms with van der Waals surface area (Å²) in [5.41, 5.74) is 0.0516. The van der Waals surface area contributed by atoms with Crippen LogP contribution in [0.5, 0.6) is 5.75 Å². The van der Waals surface area contributed by atoms with Crippen molar-refractivity contribution in [3.05, 3.63) is 29.8 Å². The standard InChI is InChI=1S/C14H23NO3/c1-4-14(16,11-15-9-10-17-2)12-5-7-13(18-3)8-6-12/h5-8,15-16H,4,9-11H2,1-3H3. The van der Waals surface area contributed by atoms with E-state index in [0.29, 0.717) is 19.6 Å². The van der Waals surface area contributed by atoms with Gasteiger partial charge >= 0.3 is 0 Å². The maximum atomic E-state index is 10.6. The van der Waals surface area contributed by atoms with Crippen molar-refractivity contribution in [1.29, 1.82) is 0 Å². The largest absolute Gasteiger partial charge is 0.497 e. The van der Waals surface area contributed by atoms with E-state index in [4.69, 9.17) is 9.47 Å². The van der Waals surface area contributed by atoms with Crippen LogP contribution in [0.25, 0.3) is 0 Å². The zero-order valence-electron chi connectivity index (χ0n) is 11.4. The van der Waals surface area contributed by atoms with E-state index in [0.717, 1.165) is 17.9 Å². The van der Waals surface area contributed by atoms with Gasteiger partial charge in [0.05, 0.1) is 13.7 Å². The predicted octanol–water partition coefficient (Wildman–Crippen LogP) is 1.53. The number of benzene rings is 1. The summed E-state index contributed by atoms with van der Waals surface area (Å²) in [4.78, 5) is 0. The Hall–Kier alpha value is -1.10. The van der Waals surface area contributed by atoms with Crippen molar-refractivity contribution in [2.75, 3.05) is 33.9 Å². The lowest BCUT2D eigenvalue weighted by molar-refractivity contribution is 0.0311. The molecule has 4 nitrogen and oxygen atoms in total. The average Bonchev–Trinajstić information content (AvgIpc) is 2.43. The van der Waals surface area contributed by atoms with E-state index in [1.807, 2.05) is 31.2 Å². The van der Waals surface area contributed by atoms with Gasteiger partial charge in [0.1, 0.15) is 11.4 Å². The van der Waals surface area contributed by atoms with Gasteiger partial charge < -0.3 is 19.9 Å². The molecule has 0 saturated carbocycles. The van der Waals surface area contributed by atoms with Crippen LogP contribution in [0, 0.1) is 0 Å². The maximum Gasteiger partial charge on any atom is 0.118 e. The van der Waals surface area contributed by atoms with Gasteiger partial charge in [-0.25, -0.2) is 0 Å². The zero-order valence-corrected chi connectivity index (χ0v) is 11.4. The molecule has 1 aromatic rings. The van der Waals surface area contributed by atoms with Crippen LogP contribution >= 0.6 is 0 Å². The Balaban J connectivity index is 2.66. The molecule has 2 N–H and O–H groups in total. The molecule has 18 heavy (non-hydrogen) atoms. The van der Waals surface area contributed by atoms with Gasteiger partial charge in [-0.05, 0) is 24.1 Å². The van der Waals surface area contributed by atoms with Crippen molar-refractivity contribution in [3.63, 3.8) is 0 Å². The molecule has 0 aliphatic rings. The molecule has 1 atom stereocenters. The fraction of sp³-hybridized carbons (Fsp3) is 0.571. The van der Waals surface area contributed by atoms with E-state index in [9.17, 15) is 5.11 Å². The molecule has 4 heteroatoms. The summed E-state index contributed by atoms with van der Waals surface area (Å²) in [6.07, 6.45) is 0.652. The van der Waals surface area contributed by atoms with Gasteiger partial charge in [-0.1, -0.05) is 19.1 Å². The molecule has 1 unspecified atom stereocenters. The molecular weight excluding hydrogens is 230 g/mol. The first-order valence-corrected chi connectivity index (χ1v) is 6.23. The first-order chi connectivity index (χ1) is 8.66. The van der Waals surface area contributed by atoms with Gasteiger partial charge in [0, 0.05) is 20.2 Å². The minimum Gasteiger partial charge on any atom is -0.497 e. The topological polar surface area (TPSA) is 50.7 Å². The van der Waals surface area contributed by atoms with Crippen molar-refractivity contribution in [1.82, 2.24) is 5.32 Å². The summed E-state index contributed by atoms with van der Waals surface area (Å²) in [7, 11) is 3.30. The second-order valence-electron chi connectivity index (χ2n) is 4.28. The third-order valence-corrected chi connectivity index (χ3v) is 3.11. The fourth-order valence-electron chi connectivity index (χ4n) is 1.80. The van der Waals surface area contributed by atoms with E-state index in [-0.39, 0.29) is 0 Å². The molecule has 0 aliphatic heterocycles. The van der Waals surface area contributed by atoms with E-state index in [2.05, 4.69) is 5.32 Å². The van der Waals surface area contributed by atoms with Gasteiger partial charge in [-0.3, -0.25) is 0 Å². The Morgan fingerprint density at radius 3 is 2.39 bits per heavy atom. The third kappa shape index (κ3) is 3.98. The Kier molecular flexibility index (Phi) is 6.12. The molecule has 0 radical (unpaired) electrons. The highest BCUT2D eigenvalue weighted by molar-refractivity contribution is 5.31. The third-order valence-electron chi connectivity index (χ3n) is 3.11. The van der Waals surface area contributed by atoms with Crippen LogP contribution < -0.4 is 10.1 Å². The normalized spacial score (nSPS) is 14.2. The molecule has 1 rings (SSSR count). The molecular formula is C14H23NO3. The summed E-state index contributed by atoms with van der Waals surface area (Å²) in [6, 6.07) is 7.54. The molecule has 0 bridgehead atoms. The number of methoxy groups -OCH3 is 2. The number of hydrogen-bond donors (Lipinski definition) is 2. The molecule has 0 fully saturated rings. The van der Waals surface area contributed by atoms with Gasteiger partial charge in [0.25, 0.3) is 0 Å². The Bertz CT molecular complexity index is 339. The van der Waals surface area contributed by atoms with Crippen LogP contribution in [0.4, 0.5) is 0 Å². The Labute approximate surface area is 109 Å². The number of nitrogens with one attached hydrogen (secondary N) is 1. The van der Waals surface area contributed by atoms with Crippen LogP contribution in [0.1, 0.15) is 18.9 Å². The first-order valence-electron chi connectivity index (χ1n) is 6.23. The molecule has 0 aromatic heterocycles. The van der Waals surface area contributed by atoms with E-state index >= 15 is 0 Å². The predicted molar refractivity (Wildman–Crippen MR) is 71.9 cm³/mol. The molecule has 0 amide bonds. The van der Waals surface area contributed by atoms with E-state index in [1.165, 1.54) is 0 Å². The van der Waals surface area contributed by atoms with Crippen molar-refractivity contribution in [2.45, 2.75) is 18.9 Å². The smallest absolute Gasteiger partial charge is 0.118 e. The van der Waals surface area contributed by atoms with Crippen LogP contribution in [0.2, 0.25) is 0 Å². The quantitative estimate of drug-likeness (QED) is 0.690. The minimum atomic E-state index is -0.847. The highest BCUT2D eigenvalue weighted by Crippen LogP contribution is 2.25.